The Morgan fingerprint density at radius 1 is 1.21 bits per heavy atom. The van der Waals surface area contributed by atoms with E-state index in [0.717, 1.165) is 38.8 Å². The van der Waals surface area contributed by atoms with E-state index in [0.29, 0.717) is 24.5 Å². The number of carbonyl (C=O) groups is 1. The normalized spacial score (nSPS) is 33.0. The SMILES string of the molecule is CCCN(C1CCC(N)CC1)C1CCCNC(=O)C1. The first-order valence-electron chi connectivity index (χ1n) is 7.98. The lowest BCUT2D eigenvalue weighted by molar-refractivity contribution is -0.122. The topological polar surface area (TPSA) is 58.4 Å². The molecule has 1 heterocycles. The zero-order valence-electron chi connectivity index (χ0n) is 12.2. The molecule has 4 nitrogen and oxygen atoms in total. The Balaban J connectivity index is 1.99. The smallest absolute Gasteiger partial charge is 0.221 e. The van der Waals surface area contributed by atoms with Crippen LogP contribution in [0.4, 0.5) is 0 Å². The van der Waals surface area contributed by atoms with Crippen molar-refractivity contribution in [1.29, 1.82) is 0 Å². The highest BCUT2D eigenvalue weighted by molar-refractivity contribution is 5.76. The fourth-order valence-electron chi connectivity index (χ4n) is 3.59. The minimum Gasteiger partial charge on any atom is -0.356 e. The van der Waals surface area contributed by atoms with Gasteiger partial charge in [0.25, 0.3) is 0 Å². The highest BCUT2D eigenvalue weighted by Crippen LogP contribution is 2.27. The van der Waals surface area contributed by atoms with Crippen molar-refractivity contribution in [2.75, 3.05) is 13.1 Å². The van der Waals surface area contributed by atoms with Gasteiger partial charge in [0.2, 0.25) is 5.91 Å². The summed E-state index contributed by atoms with van der Waals surface area (Å²) < 4.78 is 0. The van der Waals surface area contributed by atoms with E-state index in [2.05, 4.69) is 17.1 Å². The molecule has 1 amide bonds. The number of amides is 1. The summed E-state index contributed by atoms with van der Waals surface area (Å²) in [4.78, 5) is 14.4. The highest BCUT2D eigenvalue weighted by atomic mass is 16.1. The van der Waals surface area contributed by atoms with Crippen LogP contribution in [0.15, 0.2) is 0 Å². The van der Waals surface area contributed by atoms with Gasteiger partial charge in [-0.05, 0) is 51.5 Å². The molecule has 19 heavy (non-hydrogen) atoms. The molecule has 1 unspecified atom stereocenters. The van der Waals surface area contributed by atoms with Gasteiger partial charge in [-0.1, -0.05) is 6.92 Å². The summed E-state index contributed by atoms with van der Waals surface area (Å²) in [5, 5.41) is 3.00. The van der Waals surface area contributed by atoms with Crippen molar-refractivity contribution in [3.63, 3.8) is 0 Å². The van der Waals surface area contributed by atoms with Gasteiger partial charge in [0.15, 0.2) is 0 Å². The van der Waals surface area contributed by atoms with E-state index in [4.69, 9.17) is 5.73 Å². The third-order valence-electron chi connectivity index (χ3n) is 4.62. The molecular weight excluding hydrogens is 238 g/mol. The summed E-state index contributed by atoms with van der Waals surface area (Å²) in [7, 11) is 0. The average molecular weight is 267 g/mol. The number of nitrogens with zero attached hydrogens (tertiary/aromatic N) is 1. The zero-order valence-corrected chi connectivity index (χ0v) is 12.2. The summed E-state index contributed by atoms with van der Waals surface area (Å²) >= 11 is 0. The van der Waals surface area contributed by atoms with Crippen LogP contribution in [0.1, 0.15) is 58.3 Å². The largest absolute Gasteiger partial charge is 0.356 e. The van der Waals surface area contributed by atoms with Crippen LogP contribution in [0.2, 0.25) is 0 Å². The van der Waals surface area contributed by atoms with Gasteiger partial charge in [-0.3, -0.25) is 9.69 Å². The van der Waals surface area contributed by atoms with E-state index < -0.39 is 0 Å². The summed E-state index contributed by atoms with van der Waals surface area (Å²) in [6.07, 6.45) is 8.82. The molecule has 0 bridgehead atoms. The van der Waals surface area contributed by atoms with Crippen LogP contribution >= 0.6 is 0 Å². The molecule has 0 radical (unpaired) electrons. The minimum absolute atomic E-state index is 0.233. The second kappa shape index (κ2) is 7.25. The van der Waals surface area contributed by atoms with Gasteiger partial charge in [-0.25, -0.2) is 0 Å². The van der Waals surface area contributed by atoms with Crippen LogP contribution in [0.5, 0.6) is 0 Å². The fraction of sp³-hybridized carbons (Fsp3) is 0.933. The molecule has 110 valence electrons. The highest BCUT2D eigenvalue weighted by Gasteiger charge is 2.30. The van der Waals surface area contributed by atoms with Crippen molar-refractivity contribution >= 4 is 5.91 Å². The first-order valence-corrected chi connectivity index (χ1v) is 7.98. The molecule has 2 fully saturated rings. The number of nitrogens with two attached hydrogens (primary N) is 1. The van der Waals surface area contributed by atoms with E-state index in [1.165, 1.54) is 19.3 Å². The first-order chi connectivity index (χ1) is 9.20. The third kappa shape index (κ3) is 4.18. The Labute approximate surface area is 117 Å². The van der Waals surface area contributed by atoms with Gasteiger partial charge in [0.05, 0.1) is 0 Å². The van der Waals surface area contributed by atoms with E-state index in [1.807, 2.05) is 0 Å². The van der Waals surface area contributed by atoms with Crippen LogP contribution in [0.25, 0.3) is 0 Å². The van der Waals surface area contributed by atoms with Crippen LogP contribution in [0.3, 0.4) is 0 Å². The lowest BCUT2D eigenvalue weighted by atomic mass is 9.89. The molecular formula is C15H29N3O. The quantitative estimate of drug-likeness (QED) is 0.814. The maximum atomic E-state index is 11.8. The molecule has 0 aromatic carbocycles. The molecule has 1 aliphatic carbocycles. The number of carbonyl (C=O) groups excluding carboxylic acids is 1. The van der Waals surface area contributed by atoms with Gasteiger partial charge in [-0.15, -0.1) is 0 Å². The van der Waals surface area contributed by atoms with Crippen LogP contribution < -0.4 is 11.1 Å². The molecule has 1 saturated carbocycles. The van der Waals surface area contributed by atoms with E-state index in [9.17, 15) is 4.79 Å². The monoisotopic (exact) mass is 267 g/mol. The Hall–Kier alpha value is -0.610. The molecule has 2 rings (SSSR count). The molecule has 1 aliphatic heterocycles. The Kier molecular flexibility index (Phi) is 5.64. The number of hydrogen-bond donors (Lipinski definition) is 2. The van der Waals surface area contributed by atoms with Crippen molar-refractivity contribution < 1.29 is 4.79 Å². The van der Waals surface area contributed by atoms with Gasteiger partial charge in [0.1, 0.15) is 0 Å². The lowest BCUT2D eigenvalue weighted by Gasteiger charge is -2.40. The maximum Gasteiger partial charge on any atom is 0.221 e. The fourth-order valence-corrected chi connectivity index (χ4v) is 3.59. The van der Waals surface area contributed by atoms with E-state index in [-0.39, 0.29) is 5.91 Å². The second-order valence-corrected chi connectivity index (χ2v) is 6.16. The summed E-state index contributed by atoms with van der Waals surface area (Å²) in [5.74, 6) is 0.233. The molecule has 4 heteroatoms. The van der Waals surface area contributed by atoms with Crippen molar-refractivity contribution in [1.82, 2.24) is 10.2 Å². The van der Waals surface area contributed by atoms with Crippen molar-refractivity contribution in [3.05, 3.63) is 0 Å². The second-order valence-electron chi connectivity index (χ2n) is 6.16. The van der Waals surface area contributed by atoms with Crippen molar-refractivity contribution in [2.24, 2.45) is 5.73 Å². The van der Waals surface area contributed by atoms with Crippen molar-refractivity contribution in [2.45, 2.75) is 76.4 Å². The molecule has 2 aliphatic rings. The van der Waals surface area contributed by atoms with Crippen LogP contribution in [0, 0.1) is 0 Å². The molecule has 0 aromatic rings. The molecule has 3 N–H and O–H groups in total. The lowest BCUT2D eigenvalue weighted by Crippen LogP contribution is -2.47. The number of hydrogen-bond acceptors (Lipinski definition) is 3. The standard InChI is InChI=1S/C15H29N3O/c1-2-10-18(13-7-5-12(16)6-8-13)14-4-3-9-17-15(19)11-14/h12-14H,2-11,16H2,1H3,(H,17,19). The summed E-state index contributed by atoms with van der Waals surface area (Å²) in [5.41, 5.74) is 6.01. The molecule has 1 saturated heterocycles. The van der Waals surface area contributed by atoms with Gasteiger partial charge in [-0.2, -0.15) is 0 Å². The van der Waals surface area contributed by atoms with Crippen LogP contribution in [-0.2, 0) is 4.79 Å². The maximum absolute atomic E-state index is 11.8. The Morgan fingerprint density at radius 2 is 1.95 bits per heavy atom. The predicted octanol–water partition coefficient (Wildman–Crippen LogP) is 1.64. The van der Waals surface area contributed by atoms with Crippen molar-refractivity contribution in [3.8, 4) is 0 Å². The molecule has 0 aromatic heterocycles. The van der Waals surface area contributed by atoms with Gasteiger partial charge in [0, 0.05) is 31.1 Å². The van der Waals surface area contributed by atoms with E-state index in [1.54, 1.807) is 0 Å². The Morgan fingerprint density at radius 3 is 2.63 bits per heavy atom. The molecule has 1 atom stereocenters. The average Bonchev–Trinajstić information content (AvgIpc) is 2.62. The Bertz CT molecular complexity index is 287. The zero-order chi connectivity index (χ0) is 13.7. The molecule has 0 spiro atoms. The minimum atomic E-state index is 0.233. The summed E-state index contributed by atoms with van der Waals surface area (Å²) in [6, 6.07) is 1.49. The number of nitrogens with one attached hydrogen (secondary N) is 1. The third-order valence-corrected chi connectivity index (χ3v) is 4.62. The predicted molar refractivity (Wildman–Crippen MR) is 77.9 cm³/mol. The first kappa shape index (κ1) is 14.8. The summed E-state index contributed by atoms with van der Waals surface area (Å²) in [6.45, 7) is 4.21. The van der Waals surface area contributed by atoms with Gasteiger partial charge >= 0.3 is 0 Å². The van der Waals surface area contributed by atoms with Crippen LogP contribution in [-0.4, -0.2) is 42.0 Å². The number of rotatable bonds is 4. The van der Waals surface area contributed by atoms with E-state index >= 15 is 0 Å². The van der Waals surface area contributed by atoms with Gasteiger partial charge < -0.3 is 11.1 Å².